The van der Waals surface area contributed by atoms with E-state index in [1.807, 2.05) is 24.3 Å². The number of methoxy groups -OCH3 is 1. The Kier molecular flexibility index (Phi) is 5.70. The van der Waals surface area contributed by atoms with Crippen molar-refractivity contribution in [2.75, 3.05) is 20.3 Å². The predicted octanol–water partition coefficient (Wildman–Crippen LogP) is 2.87. The molecule has 2 rings (SSSR count). The van der Waals surface area contributed by atoms with Crippen LogP contribution in [-0.4, -0.2) is 30.5 Å². The Morgan fingerprint density at radius 1 is 1.35 bits per heavy atom. The van der Waals surface area contributed by atoms with Crippen LogP contribution in [0.25, 0.3) is 11.5 Å². The molecule has 0 bridgehead atoms. The summed E-state index contributed by atoms with van der Waals surface area (Å²) >= 11 is 3.47. The summed E-state index contributed by atoms with van der Waals surface area (Å²) < 4.78 is 11.7. The highest BCUT2D eigenvalue weighted by Crippen LogP contribution is 2.26. The molecule has 1 aromatic carbocycles. The van der Waals surface area contributed by atoms with Crippen LogP contribution in [0, 0.1) is 5.92 Å². The zero-order valence-electron chi connectivity index (χ0n) is 11.6. The number of ether oxygens (including phenoxy) is 1. The van der Waals surface area contributed by atoms with E-state index < -0.39 is 0 Å². The summed E-state index contributed by atoms with van der Waals surface area (Å²) in [5, 5.41) is 11.4. The average Bonchev–Trinajstić information content (AvgIpc) is 2.88. The van der Waals surface area contributed by atoms with E-state index in [0.29, 0.717) is 24.2 Å². The zero-order chi connectivity index (χ0) is 14.4. The lowest BCUT2D eigenvalue weighted by molar-refractivity contribution is 0.158. The van der Waals surface area contributed by atoms with E-state index in [1.165, 1.54) is 0 Å². The van der Waals surface area contributed by atoms with Gasteiger partial charge in [-0.05, 0) is 34.0 Å². The normalized spacial score (nSPS) is 12.6. The summed E-state index contributed by atoms with van der Waals surface area (Å²) in [6.07, 6.45) is 0. The van der Waals surface area contributed by atoms with Crippen LogP contribution in [0.5, 0.6) is 0 Å². The molecule has 2 aromatic rings. The molecule has 0 spiro atoms. The summed E-state index contributed by atoms with van der Waals surface area (Å²) in [5.74, 6) is 1.56. The van der Waals surface area contributed by atoms with Gasteiger partial charge in [-0.3, -0.25) is 0 Å². The Hall–Kier alpha value is -1.24. The first-order chi connectivity index (χ1) is 9.70. The smallest absolute Gasteiger partial charge is 0.248 e. The van der Waals surface area contributed by atoms with Gasteiger partial charge in [0.05, 0.1) is 12.1 Å². The van der Waals surface area contributed by atoms with Gasteiger partial charge in [0.15, 0.2) is 0 Å². The third-order valence-corrected chi connectivity index (χ3v) is 3.48. The average molecular weight is 340 g/mol. The van der Waals surface area contributed by atoms with Gasteiger partial charge in [0.2, 0.25) is 11.8 Å². The van der Waals surface area contributed by atoms with E-state index >= 15 is 0 Å². The van der Waals surface area contributed by atoms with Crippen molar-refractivity contribution in [3.8, 4) is 11.5 Å². The number of benzene rings is 1. The first-order valence-corrected chi connectivity index (χ1v) is 7.27. The molecule has 0 aliphatic rings. The number of hydrogen-bond acceptors (Lipinski definition) is 5. The molecule has 0 amide bonds. The number of aromatic nitrogens is 2. The third kappa shape index (κ3) is 4.13. The number of rotatable bonds is 7. The van der Waals surface area contributed by atoms with Crippen molar-refractivity contribution in [1.29, 1.82) is 0 Å². The van der Waals surface area contributed by atoms with Crippen LogP contribution in [0.1, 0.15) is 12.8 Å². The lowest BCUT2D eigenvalue weighted by Crippen LogP contribution is -2.23. The van der Waals surface area contributed by atoms with Gasteiger partial charge in [-0.25, -0.2) is 0 Å². The molecule has 1 unspecified atom stereocenters. The summed E-state index contributed by atoms with van der Waals surface area (Å²) in [6.45, 7) is 4.27. The van der Waals surface area contributed by atoms with Gasteiger partial charge in [-0.1, -0.05) is 19.1 Å². The van der Waals surface area contributed by atoms with Gasteiger partial charge >= 0.3 is 0 Å². The van der Waals surface area contributed by atoms with Crippen molar-refractivity contribution in [3.63, 3.8) is 0 Å². The molecular weight excluding hydrogens is 322 g/mol. The van der Waals surface area contributed by atoms with Gasteiger partial charge in [0, 0.05) is 24.7 Å². The van der Waals surface area contributed by atoms with Gasteiger partial charge in [0.25, 0.3) is 0 Å². The Bertz CT molecular complexity index is 545. The monoisotopic (exact) mass is 339 g/mol. The predicted molar refractivity (Wildman–Crippen MR) is 80.2 cm³/mol. The maximum atomic E-state index is 5.65. The van der Waals surface area contributed by atoms with E-state index in [-0.39, 0.29) is 0 Å². The topological polar surface area (TPSA) is 60.2 Å². The number of hydrogen-bond donors (Lipinski definition) is 1. The fraction of sp³-hybridized carbons (Fsp3) is 0.429. The fourth-order valence-electron chi connectivity index (χ4n) is 1.84. The first-order valence-electron chi connectivity index (χ1n) is 6.47. The highest BCUT2D eigenvalue weighted by atomic mass is 79.9. The first kappa shape index (κ1) is 15.2. The Morgan fingerprint density at radius 2 is 2.15 bits per heavy atom. The maximum absolute atomic E-state index is 5.65. The molecule has 6 heteroatoms. The van der Waals surface area contributed by atoms with Crippen LogP contribution in [0.3, 0.4) is 0 Å². The molecule has 108 valence electrons. The van der Waals surface area contributed by atoms with Crippen LogP contribution in [-0.2, 0) is 11.3 Å². The van der Waals surface area contributed by atoms with Gasteiger partial charge in [-0.2, -0.15) is 0 Å². The van der Waals surface area contributed by atoms with E-state index in [1.54, 1.807) is 7.11 Å². The van der Waals surface area contributed by atoms with Crippen LogP contribution in [0.15, 0.2) is 33.2 Å². The van der Waals surface area contributed by atoms with Crippen molar-refractivity contribution < 1.29 is 9.15 Å². The second-order valence-electron chi connectivity index (χ2n) is 4.67. The van der Waals surface area contributed by atoms with Crippen LogP contribution < -0.4 is 5.32 Å². The van der Waals surface area contributed by atoms with Crippen molar-refractivity contribution in [3.05, 3.63) is 34.6 Å². The Morgan fingerprint density at radius 3 is 2.90 bits per heavy atom. The molecule has 1 aromatic heterocycles. The minimum absolute atomic E-state index is 0.450. The summed E-state index contributed by atoms with van der Waals surface area (Å²) in [7, 11) is 1.71. The van der Waals surface area contributed by atoms with Crippen molar-refractivity contribution in [2.45, 2.75) is 13.5 Å². The van der Waals surface area contributed by atoms with E-state index in [4.69, 9.17) is 9.15 Å². The standard InChI is InChI=1S/C14H18BrN3O2/c1-10(9-19-2)7-16-8-13-17-18-14(20-13)11-5-3-4-6-12(11)15/h3-6,10,16H,7-9H2,1-2H3. The molecule has 5 nitrogen and oxygen atoms in total. The maximum Gasteiger partial charge on any atom is 0.248 e. The van der Waals surface area contributed by atoms with Gasteiger partial charge < -0.3 is 14.5 Å². The lowest BCUT2D eigenvalue weighted by Gasteiger charge is -2.09. The molecule has 20 heavy (non-hydrogen) atoms. The molecule has 1 heterocycles. The summed E-state index contributed by atoms with van der Waals surface area (Å²) in [4.78, 5) is 0. The quantitative estimate of drug-likeness (QED) is 0.840. The van der Waals surface area contributed by atoms with Crippen molar-refractivity contribution in [1.82, 2.24) is 15.5 Å². The van der Waals surface area contributed by atoms with Crippen LogP contribution in [0.4, 0.5) is 0 Å². The summed E-state index contributed by atoms with van der Waals surface area (Å²) in [5.41, 5.74) is 0.902. The molecular formula is C14H18BrN3O2. The van der Waals surface area contributed by atoms with Gasteiger partial charge in [0.1, 0.15) is 0 Å². The second-order valence-corrected chi connectivity index (χ2v) is 5.53. The molecule has 0 saturated carbocycles. The minimum Gasteiger partial charge on any atom is -0.419 e. The molecule has 0 fully saturated rings. The highest BCUT2D eigenvalue weighted by Gasteiger charge is 2.11. The van der Waals surface area contributed by atoms with Gasteiger partial charge in [-0.15, -0.1) is 10.2 Å². The molecule has 1 N–H and O–H groups in total. The van der Waals surface area contributed by atoms with E-state index in [0.717, 1.165) is 23.2 Å². The van der Waals surface area contributed by atoms with Crippen LogP contribution >= 0.6 is 15.9 Å². The molecule has 0 aliphatic heterocycles. The second kappa shape index (κ2) is 7.52. The van der Waals surface area contributed by atoms with Crippen LogP contribution in [0.2, 0.25) is 0 Å². The summed E-state index contributed by atoms with van der Waals surface area (Å²) in [6, 6.07) is 7.78. The van der Waals surface area contributed by atoms with Crippen molar-refractivity contribution >= 4 is 15.9 Å². The Labute approximate surface area is 126 Å². The fourth-order valence-corrected chi connectivity index (χ4v) is 2.29. The molecule has 0 saturated heterocycles. The number of halogens is 1. The molecule has 0 aliphatic carbocycles. The number of nitrogens with zero attached hydrogens (tertiary/aromatic N) is 2. The number of nitrogens with one attached hydrogen (secondary N) is 1. The lowest BCUT2D eigenvalue weighted by atomic mass is 10.2. The Balaban J connectivity index is 1.91. The van der Waals surface area contributed by atoms with Crippen molar-refractivity contribution in [2.24, 2.45) is 5.92 Å². The van der Waals surface area contributed by atoms with E-state index in [9.17, 15) is 0 Å². The molecule has 1 atom stereocenters. The third-order valence-electron chi connectivity index (χ3n) is 2.79. The highest BCUT2D eigenvalue weighted by molar-refractivity contribution is 9.10. The largest absolute Gasteiger partial charge is 0.419 e. The minimum atomic E-state index is 0.450. The SMILES string of the molecule is COCC(C)CNCc1nnc(-c2ccccc2Br)o1. The van der Waals surface area contributed by atoms with E-state index in [2.05, 4.69) is 38.4 Å². The molecule has 0 radical (unpaired) electrons. The zero-order valence-corrected chi connectivity index (χ0v) is 13.2.